The van der Waals surface area contributed by atoms with E-state index in [0.717, 1.165) is 10.4 Å². The molecule has 0 radical (unpaired) electrons. The minimum Gasteiger partial charge on any atom is -0.267 e. The minimum atomic E-state index is -0.609. The van der Waals surface area contributed by atoms with Gasteiger partial charge in [0.05, 0.1) is 11.1 Å². The zero-order chi connectivity index (χ0) is 14.5. The molecule has 0 aliphatic heterocycles. The highest BCUT2D eigenvalue weighted by Crippen LogP contribution is 2.17. The largest absolute Gasteiger partial charge is 0.282 e. The number of carbonyl (C=O) groups excluding carboxylic acids is 1. The minimum absolute atomic E-state index is 0.0162. The predicted octanol–water partition coefficient (Wildman–Crippen LogP) is 2.73. The van der Waals surface area contributed by atoms with E-state index < -0.39 is 10.8 Å². The van der Waals surface area contributed by atoms with Crippen molar-refractivity contribution in [2.45, 2.75) is 6.92 Å². The number of hydrogen-bond acceptors (Lipinski definition) is 5. The van der Waals surface area contributed by atoms with Gasteiger partial charge in [-0.3, -0.25) is 14.9 Å². The normalized spacial score (nSPS) is 10.7. The molecular formula is C13H11N3O3S. The highest BCUT2D eigenvalue weighted by Gasteiger charge is 2.18. The summed E-state index contributed by atoms with van der Waals surface area (Å²) in [7, 11) is 0. The number of carbonyl (C=O) groups is 1. The van der Waals surface area contributed by atoms with Gasteiger partial charge < -0.3 is 0 Å². The molecule has 0 saturated heterocycles. The summed E-state index contributed by atoms with van der Waals surface area (Å²) in [6.45, 7) is 1.93. The van der Waals surface area contributed by atoms with Crippen LogP contribution in [-0.4, -0.2) is 17.0 Å². The van der Waals surface area contributed by atoms with Gasteiger partial charge in [-0.15, -0.1) is 11.3 Å². The van der Waals surface area contributed by atoms with Crippen LogP contribution in [0.25, 0.3) is 0 Å². The smallest absolute Gasteiger partial charge is 0.267 e. The number of nitro benzene ring substituents is 1. The van der Waals surface area contributed by atoms with Crippen molar-refractivity contribution in [2.24, 2.45) is 5.10 Å². The SMILES string of the molecule is Cc1ccsc1C=NNC(=O)c1ccccc1[N+](=O)[O-]. The number of nitro groups is 1. The van der Waals surface area contributed by atoms with Crippen LogP contribution in [0, 0.1) is 17.0 Å². The average molecular weight is 289 g/mol. The lowest BCUT2D eigenvalue weighted by molar-refractivity contribution is -0.385. The van der Waals surface area contributed by atoms with Gasteiger partial charge in [0, 0.05) is 10.9 Å². The molecule has 0 fully saturated rings. The zero-order valence-corrected chi connectivity index (χ0v) is 11.4. The van der Waals surface area contributed by atoms with E-state index in [0.29, 0.717) is 0 Å². The van der Waals surface area contributed by atoms with Crippen molar-refractivity contribution in [2.75, 3.05) is 0 Å². The van der Waals surface area contributed by atoms with E-state index in [9.17, 15) is 14.9 Å². The van der Waals surface area contributed by atoms with E-state index in [4.69, 9.17) is 0 Å². The Morgan fingerprint density at radius 2 is 2.15 bits per heavy atom. The van der Waals surface area contributed by atoms with Crippen LogP contribution in [-0.2, 0) is 0 Å². The average Bonchev–Trinajstić information content (AvgIpc) is 2.84. The van der Waals surface area contributed by atoms with Crippen molar-refractivity contribution in [3.63, 3.8) is 0 Å². The second-order valence-electron chi connectivity index (χ2n) is 3.94. The number of hydrogen-bond donors (Lipinski definition) is 1. The van der Waals surface area contributed by atoms with Crippen molar-refractivity contribution >= 4 is 29.1 Å². The molecule has 1 aromatic heterocycles. The van der Waals surface area contributed by atoms with E-state index in [-0.39, 0.29) is 11.3 Å². The van der Waals surface area contributed by atoms with Crippen LogP contribution in [0.15, 0.2) is 40.8 Å². The van der Waals surface area contributed by atoms with Crippen LogP contribution in [0.4, 0.5) is 5.69 Å². The molecule has 0 aliphatic carbocycles. The number of benzene rings is 1. The highest BCUT2D eigenvalue weighted by molar-refractivity contribution is 7.11. The zero-order valence-electron chi connectivity index (χ0n) is 10.6. The Hall–Kier alpha value is -2.54. The highest BCUT2D eigenvalue weighted by atomic mass is 32.1. The second kappa shape index (κ2) is 6.07. The summed E-state index contributed by atoms with van der Waals surface area (Å²) in [5.74, 6) is -0.609. The lowest BCUT2D eigenvalue weighted by Gasteiger charge is -2.00. The monoisotopic (exact) mass is 289 g/mol. The van der Waals surface area contributed by atoms with Gasteiger partial charge in [-0.2, -0.15) is 5.10 Å². The number of thiophene rings is 1. The van der Waals surface area contributed by atoms with Crippen LogP contribution in [0.3, 0.4) is 0 Å². The molecule has 1 N–H and O–H groups in total. The van der Waals surface area contributed by atoms with Gasteiger partial charge in [-0.25, -0.2) is 5.43 Å². The van der Waals surface area contributed by atoms with Crippen molar-refractivity contribution in [3.05, 3.63) is 61.8 Å². The number of nitrogens with zero attached hydrogens (tertiary/aromatic N) is 2. The summed E-state index contributed by atoms with van der Waals surface area (Å²) >= 11 is 1.50. The van der Waals surface area contributed by atoms with E-state index >= 15 is 0 Å². The third-order valence-corrected chi connectivity index (χ3v) is 3.55. The summed E-state index contributed by atoms with van der Waals surface area (Å²) in [4.78, 5) is 23.0. The Balaban J connectivity index is 2.12. The molecule has 6 nitrogen and oxygen atoms in total. The summed E-state index contributed by atoms with van der Waals surface area (Å²) in [6, 6.07) is 7.68. The molecular weight excluding hydrogens is 278 g/mol. The Morgan fingerprint density at radius 3 is 2.80 bits per heavy atom. The lowest BCUT2D eigenvalue weighted by Crippen LogP contribution is -2.18. The van der Waals surface area contributed by atoms with Crippen molar-refractivity contribution in [3.8, 4) is 0 Å². The first-order valence-corrected chi connectivity index (χ1v) is 6.58. The Kier molecular flexibility index (Phi) is 4.21. The fraction of sp³-hybridized carbons (Fsp3) is 0.0769. The summed E-state index contributed by atoms with van der Waals surface area (Å²) in [5.41, 5.74) is 3.09. The second-order valence-corrected chi connectivity index (χ2v) is 4.89. The summed E-state index contributed by atoms with van der Waals surface area (Å²) in [5, 5.41) is 16.6. The molecule has 2 aromatic rings. The molecule has 1 aromatic carbocycles. The molecule has 7 heteroatoms. The molecule has 20 heavy (non-hydrogen) atoms. The quantitative estimate of drug-likeness (QED) is 0.533. The van der Waals surface area contributed by atoms with E-state index in [1.54, 1.807) is 6.07 Å². The van der Waals surface area contributed by atoms with E-state index in [2.05, 4.69) is 10.5 Å². The van der Waals surface area contributed by atoms with Crippen LogP contribution in [0.2, 0.25) is 0 Å². The number of amides is 1. The lowest BCUT2D eigenvalue weighted by atomic mass is 10.2. The van der Waals surface area contributed by atoms with Gasteiger partial charge in [-0.1, -0.05) is 12.1 Å². The molecule has 2 rings (SSSR count). The maximum absolute atomic E-state index is 11.9. The standard InChI is InChI=1S/C13H11N3O3S/c1-9-6-7-20-12(9)8-14-15-13(17)10-4-2-3-5-11(10)16(18)19/h2-8H,1H3,(H,15,17). The number of hydrazone groups is 1. The molecule has 1 heterocycles. The van der Waals surface area contributed by atoms with Gasteiger partial charge >= 0.3 is 0 Å². The van der Waals surface area contributed by atoms with Crippen LogP contribution in [0.1, 0.15) is 20.8 Å². The third-order valence-electron chi connectivity index (χ3n) is 2.59. The number of para-hydroxylation sites is 1. The molecule has 0 spiro atoms. The van der Waals surface area contributed by atoms with Crippen molar-refractivity contribution in [1.82, 2.24) is 5.43 Å². The number of nitrogens with one attached hydrogen (secondary N) is 1. The van der Waals surface area contributed by atoms with Gasteiger partial charge in [0.15, 0.2) is 0 Å². The molecule has 1 amide bonds. The predicted molar refractivity (Wildman–Crippen MR) is 77.2 cm³/mol. The van der Waals surface area contributed by atoms with E-state index in [1.165, 1.54) is 35.8 Å². The van der Waals surface area contributed by atoms with Gasteiger partial charge in [-0.05, 0) is 30.0 Å². The van der Waals surface area contributed by atoms with Crippen molar-refractivity contribution < 1.29 is 9.72 Å². The van der Waals surface area contributed by atoms with E-state index in [1.807, 2.05) is 18.4 Å². The maximum atomic E-state index is 11.9. The first-order valence-electron chi connectivity index (χ1n) is 5.70. The molecule has 0 bridgehead atoms. The Labute approximate surface area is 118 Å². The molecule has 0 unspecified atom stereocenters. The van der Waals surface area contributed by atoms with Crippen LogP contribution in [0.5, 0.6) is 0 Å². The fourth-order valence-corrected chi connectivity index (χ4v) is 2.34. The maximum Gasteiger partial charge on any atom is 0.282 e. The topological polar surface area (TPSA) is 84.6 Å². The molecule has 0 atom stereocenters. The van der Waals surface area contributed by atoms with Gasteiger partial charge in [0.2, 0.25) is 0 Å². The summed E-state index contributed by atoms with van der Waals surface area (Å²) in [6.07, 6.45) is 1.52. The number of rotatable bonds is 4. The summed E-state index contributed by atoms with van der Waals surface area (Å²) < 4.78 is 0. The van der Waals surface area contributed by atoms with Crippen LogP contribution >= 0.6 is 11.3 Å². The number of aryl methyl sites for hydroxylation is 1. The molecule has 102 valence electrons. The van der Waals surface area contributed by atoms with Crippen LogP contribution < -0.4 is 5.43 Å². The van der Waals surface area contributed by atoms with Crippen molar-refractivity contribution in [1.29, 1.82) is 0 Å². The molecule has 0 aliphatic rings. The van der Waals surface area contributed by atoms with Gasteiger partial charge in [0.25, 0.3) is 11.6 Å². The fourth-order valence-electron chi connectivity index (χ4n) is 1.55. The molecule has 0 saturated carbocycles. The third kappa shape index (κ3) is 3.07. The first kappa shape index (κ1) is 13.9. The first-order chi connectivity index (χ1) is 9.59. The Bertz CT molecular complexity index is 679. The Morgan fingerprint density at radius 1 is 1.40 bits per heavy atom. The van der Waals surface area contributed by atoms with Gasteiger partial charge in [0.1, 0.15) is 5.56 Å².